The Morgan fingerprint density at radius 2 is 1.04 bits per heavy atom. The van der Waals surface area contributed by atoms with Crippen molar-refractivity contribution >= 4 is 45.9 Å². The van der Waals surface area contributed by atoms with Crippen molar-refractivity contribution in [3.63, 3.8) is 0 Å². The van der Waals surface area contributed by atoms with Crippen LogP contribution in [0.3, 0.4) is 0 Å². The van der Waals surface area contributed by atoms with E-state index in [4.69, 9.17) is 0 Å². The highest BCUT2D eigenvalue weighted by Crippen LogP contribution is 2.41. The van der Waals surface area contributed by atoms with Crippen molar-refractivity contribution in [3.05, 3.63) is 182 Å². The van der Waals surface area contributed by atoms with Gasteiger partial charge in [-0.3, -0.25) is 0 Å². The zero-order valence-corrected chi connectivity index (χ0v) is 26.1. The normalized spacial score (nSPS) is 12.9. The molecule has 0 N–H and O–H groups in total. The molecule has 6 aromatic carbocycles. The molecule has 1 aromatic heterocycles. The fourth-order valence-corrected chi connectivity index (χ4v) is 12.3. The zero-order valence-electron chi connectivity index (χ0n) is 25.1. The van der Waals surface area contributed by atoms with Crippen LogP contribution in [0.5, 0.6) is 0 Å². The van der Waals surface area contributed by atoms with Gasteiger partial charge >= 0.3 is 0 Å². The molecule has 4 heteroatoms. The summed E-state index contributed by atoms with van der Waals surface area (Å²) in [6, 6.07) is 63.2. The fourth-order valence-electron chi connectivity index (χ4n) is 7.18. The Morgan fingerprint density at radius 1 is 0.500 bits per heavy atom. The highest BCUT2D eigenvalue weighted by molar-refractivity contribution is 7.21. The number of anilines is 3. The number of aromatic nitrogens is 1. The largest absolute Gasteiger partial charge is 0.311 e. The van der Waals surface area contributed by atoms with E-state index in [-0.39, 0.29) is 0 Å². The molecule has 2 heterocycles. The van der Waals surface area contributed by atoms with Crippen molar-refractivity contribution in [2.75, 3.05) is 4.90 Å². The second-order valence-electron chi connectivity index (χ2n) is 11.5. The third kappa shape index (κ3) is 4.29. The molecule has 1 aliphatic rings. The first-order valence-corrected chi connectivity index (χ1v) is 17.5. The Hall–Kier alpha value is -6.02. The molecule has 8 rings (SSSR count). The summed E-state index contributed by atoms with van der Waals surface area (Å²) in [5.74, 6) is 0. The van der Waals surface area contributed by atoms with Gasteiger partial charge in [0.05, 0.1) is 0 Å². The fraction of sp³-hybridized carbons (Fsp3) is 0. The van der Waals surface area contributed by atoms with Crippen molar-refractivity contribution < 1.29 is 0 Å². The number of hydrogen-bond acceptors (Lipinski definition) is 3. The third-order valence-electron chi connectivity index (χ3n) is 9.06. The molecule has 0 bridgehead atoms. The maximum absolute atomic E-state index is 9.83. The van der Waals surface area contributed by atoms with E-state index in [0.29, 0.717) is 5.69 Å². The lowest BCUT2D eigenvalue weighted by Crippen LogP contribution is -2.77. The smallest absolute Gasteiger partial charge is 0.184 e. The predicted octanol–water partition coefficient (Wildman–Crippen LogP) is 7.45. The Bertz CT molecular complexity index is 2150. The molecular formula is C42H29N3Si. The molecule has 0 fully saturated rings. The minimum Gasteiger partial charge on any atom is -0.311 e. The summed E-state index contributed by atoms with van der Waals surface area (Å²) in [6.45, 7) is 0. The van der Waals surface area contributed by atoms with Gasteiger partial charge in [0.15, 0.2) is 8.07 Å². The Kier molecular flexibility index (Phi) is 6.87. The quantitative estimate of drug-likeness (QED) is 0.192. The minimum absolute atomic E-state index is 0.424. The summed E-state index contributed by atoms with van der Waals surface area (Å²) in [5.41, 5.74) is 7.87. The van der Waals surface area contributed by atoms with E-state index >= 15 is 0 Å². The third-order valence-corrected chi connectivity index (χ3v) is 13.9. The van der Waals surface area contributed by atoms with E-state index in [1.807, 2.05) is 18.2 Å². The number of fused-ring (bicyclic) bond motifs is 2. The van der Waals surface area contributed by atoms with E-state index in [1.54, 1.807) is 6.20 Å². The molecule has 7 aromatic rings. The highest BCUT2D eigenvalue weighted by atomic mass is 28.3. The van der Waals surface area contributed by atoms with Gasteiger partial charge in [0.1, 0.15) is 11.8 Å². The SMILES string of the molecule is N#Cc1ncccc1-c1ccccc1-c1cccc(N2c3ccccc3[Si](c3ccccc3)(c3ccccc3)c3ccccc32)c1. The van der Waals surface area contributed by atoms with Crippen LogP contribution < -0.4 is 25.6 Å². The summed E-state index contributed by atoms with van der Waals surface area (Å²) in [7, 11) is -2.67. The van der Waals surface area contributed by atoms with Crippen LogP contribution in [0.4, 0.5) is 17.1 Å². The van der Waals surface area contributed by atoms with Crippen molar-refractivity contribution in [3.8, 4) is 28.3 Å². The lowest BCUT2D eigenvalue weighted by Gasteiger charge is -2.45. The molecule has 0 aliphatic carbocycles. The molecule has 3 nitrogen and oxygen atoms in total. The average molecular weight is 604 g/mol. The lowest BCUT2D eigenvalue weighted by molar-refractivity contribution is 1.26. The van der Waals surface area contributed by atoms with Gasteiger partial charge in [0.25, 0.3) is 0 Å². The monoisotopic (exact) mass is 603 g/mol. The summed E-state index contributed by atoms with van der Waals surface area (Å²) < 4.78 is 0. The van der Waals surface area contributed by atoms with Gasteiger partial charge in [0, 0.05) is 28.8 Å². The van der Waals surface area contributed by atoms with Gasteiger partial charge in [-0.1, -0.05) is 133 Å². The van der Waals surface area contributed by atoms with Crippen molar-refractivity contribution in [1.82, 2.24) is 4.98 Å². The second kappa shape index (κ2) is 11.5. The number of benzene rings is 6. The maximum Gasteiger partial charge on any atom is 0.184 e. The van der Waals surface area contributed by atoms with Gasteiger partial charge in [-0.15, -0.1) is 0 Å². The van der Waals surface area contributed by atoms with Crippen LogP contribution in [0.25, 0.3) is 22.3 Å². The molecule has 0 unspecified atom stereocenters. The van der Waals surface area contributed by atoms with Crippen molar-refractivity contribution in [2.45, 2.75) is 0 Å². The predicted molar refractivity (Wildman–Crippen MR) is 192 cm³/mol. The molecule has 0 saturated heterocycles. The van der Waals surface area contributed by atoms with E-state index in [0.717, 1.165) is 27.9 Å². The van der Waals surface area contributed by atoms with Crippen LogP contribution in [0.2, 0.25) is 0 Å². The van der Waals surface area contributed by atoms with Crippen LogP contribution in [0.15, 0.2) is 176 Å². The van der Waals surface area contributed by atoms with Gasteiger partial charge < -0.3 is 4.90 Å². The topological polar surface area (TPSA) is 39.9 Å². The molecule has 0 spiro atoms. The molecule has 1 aliphatic heterocycles. The number of nitrogens with zero attached hydrogens (tertiary/aromatic N) is 3. The van der Waals surface area contributed by atoms with Gasteiger partial charge in [-0.25, -0.2) is 4.98 Å². The van der Waals surface area contributed by atoms with Gasteiger partial charge in [-0.2, -0.15) is 5.26 Å². The number of rotatable bonds is 5. The zero-order chi connectivity index (χ0) is 30.9. The minimum atomic E-state index is -2.67. The summed E-state index contributed by atoms with van der Waals surface area (Å²) in [4.78, 5) is 6.78. The molecule has 216 valence electrons. The van der Waals surface area contributed by atoms with Crippen molar-refractivity contribution in [1.29, 1.82) is 5.26 Å². The number of pyridine rings is 1. The summed E-state index contributed by atoms with van der Waals surface area (Å²) in [5, 5.41) is 15.3. The highest BCUT2D eigenvalue weighted by Gasteiger charge is 2.48. The van der Waals surface area contributed by atoms with Crippen LogP contribution in [0, 0.1) is 11.3 Å². The van der Waals surface area contributed by atoms with E-state index in [9.17, 15) is 5.26 Å². The standard InChI is InChI=1S/C42H29N3Si/c43-30-38-37(23-14-28-44-38)36-22-8-7-21-35(36)31-15-13-16-32(29-31)45-39-24-9-11-26-41(39)46(33-17-3-1-4-18-33,34-19-5-2-6-20-34)42-27-12-10-25-40(42)45/h1-29H. The number of nitriles is 1. The van der Waals surface area contributed by atoms with E-state index in [1.165, 1.54) is 32.1 Å². The van der Waals surface area contributed by atoms with E-state index in [2.05, 4.69) is 168 Å². The van der Waals surface area contributed by atoms with Crippen LogP contribution in [-0.4, -0.2) is 13.1 Å². The van der Waals surface area contributed by atoms with E-state index < -0.39 is 8.07 Å². The van der Waals surface area contributed by atoms with Gasteiger partial charge in [-0.05, 0) is 73.8 Å². The maximum atomic E-state index is 9.83. The first-order chi connectivity index (χ1) is 22.8. The lowest BCUT2D eigenvalue weighted by atomic mass is 9.93. The first-order valence-electron chi connectivity index (χ1n) is 15.5. The summed E-state index contributed by atoms with van der Waals surface area (Å²) >= 11 is 0. The molecule has 0 atom stereocenters. The molecule has 0 radical (unpaired) electrons. The number of para-hydroxylation sites is 2. The van der Waals surface area contributed by atoms with Crippen molar-refractivity contribution in [2.24, 2.45) is 0 Å². The first kappa shape index (κ1) is 27.5. The second-order valence-corrected chi connectivity index (χ2v) is 15.2. The Labute approximate surface area is 270 Å². The van der Waals surface area contributed by atoms with Crippen LogP contribution in [0.1, 0.15) is 5.69 Å². The average Bonchev–Trinajstić information content (AvgIpc) is 3.14. The van der Waals surface area contributed by atoms with Crippen LogP contribution in [-0.2, 0) is 0 Å². The molecular weight excluding hydrogens is 575 g/mol. The van der Waals surface area contributed by atoms with Gasteiger partial charge in [0.2, 0.25) is 0 Å². The summed E-state index contributed by atoms with van der Waals surface area (Å²) in [6.07, 6.45) is 1.67. The Morgan fingerprint density at radius 3 is 1.67 bits per heavy atom. The number of hydrogen-bond donors (Lipinski definition) is 0. The Balaban J connectivity index is 1.37. The molecule has 0 saturated carbocycles. The van der Waals surface area contributed by atoms with Crippen LogP contribution >= 0.6 is 0 Å². The molecule has 0 amide bonds. The molecule has 46 heavy (non-hydrogen) atoms.